The molecule has 0 aliphatic carbocycles. The Hall–Kier alpha value is -1.62. The number of ether oxygens (including phenoxy) is 1. The van der Waals surface area contributed by atoms with Gasteiger partial charge in [-0.05, 0) is 0 Å². The van der Waals surface area contributed by atoms with Crippen LogP contribution in [0.1, 0.15) is 0 Å². The molecular formula is C10H13FN4O5. The van der Waals surface area contributed by atoms with Gasteiger partial charge in [0.2, 0.25) is 0 Å². The third-order valence-corrected chi connectivity index (χ3v) is 3.53. The van der Waals surface area contributed by atoms with Crippen LogP contribution in [0.25, 0.3) is 0 Å². The van der Waals surface area contributed by atoms with Gasteiger partial charge in [-0.2, -0.15) is 0 Å². The maximum atomic E-state index is 14.0. The molecule has 2 unspecified atom stereocenters. The van der Waals surface area contributed by atoms with Crippen molar-refractivity contribution in [2.75, 3.05) is 6.61 Å². The molecule has 6 atom stereocenters. The number of halogens is 1. The van der Waals surface area contributed by atoms with Crippen LogP contribution in [0.2, 0.25) is 0 Å². The van der Waals surface area contributed by atoms with Crippen LogP contribution in [0.3, 0.4) is 0 Å². The SMILES string of the molecule is O=C1NC=NC2C1N=CN2[C@@H]1O[C@](F)(CO)[C@@H](O)[C@H]1O. The number of rotatable bonds is 2. The minimum atomic E-state index is -2.77. The Morgan fingerprint density at radius 3 is 2.90 bits per heavy atom. The first-order valence-corrected chi connectivity index (χ1v) is 5.94. The monoisotopic (exact) mass is 288 g/mol. The first kappa shape index (κ1) is 13.4. The van der Waals surface area contributed by atoms with E-state index in [0.29, 0.717) is 0 Å². The smallest absolute Gasteiger partial charge is 0.263 e. The zero-order valence-corrected chi connectivity index (χ0v) is 10.1. The van der Waals surface area contributed by atoms with E-state index in [1.165, 1.54) is 17.6 Å². The molecule has 0 aromatic carbocycles. The molecule has 9 nitrogen and oxygen atoms in total. The Morgan fingerprint density at radius 1 is 1.50 bits per heavy atom. The van der Waals surface area contributed by atoms with Crippen LogP contribution in [-0.4, -0.2) is 81.9 Å². The highest BCUT2D eigenvalue weighted by Gasteiger charge is 2.58. The first-order chi connectivity index (χ1) is 9.48. The van der Waals surface area contributed by atoms with E-state index < -0.39 is 43.1 Å². The second-order valence-electron chi connectivity index (χ2n) is 4.75. The minimum Gasteiger partial charge on any atom is -0.390 e. The number of hydrogen-bond acceptors (Lipinski definition) is 8. The van der Waals surface area contributed by atoms with Gasteiger partial charge in [-0.25, -0.2) is 9.38 Å². The molecule has 10 heteroatoms. The molecular weight excluding hydrogens is 275 g/mol. The van der Waals surface area contributed by atoms with Gasteiger partial charge in [0, 0.05) is 0 Å². The number of carbonyl (C=O) groups excluding carboxylic acids is 1. The highest BCUT2D eigenvalue weighted by Crippen LogP contribution is 2.36. The van der Waals surface area contributed by atoms with Crippen molar-refractivity contribution in [2.45, 2.75) is 36.5 Å². The van der Waals surface area contributed by atoms with Gasteiger partial charge in [-0.1, -0.05) is 0 Å². The standard InChI is InChI=1S/C10H13FN4O5/c11-10(1-16)6(18)5(17)9(20-10)15-3-14-4-7(15)12-2-13-8(4)19/h2-7,9,16-18H,1H2,(H,12,13,19)/t4?,5-,6+,7?,9-,10-/m1/s1. The highest BCUT2D eigenvalue weighted by molar-refractivity contribution is 5.96. The van der Waals surface area contributed by atoms with Crippen molar-refractivity contribution in [1.82, 2.24) is 10.2 Å². The lowest BCUT2D eigenvalue weighted by atomic mass is 10.1. The molecule has 3 rings (SSSR count). The van der Waals surface area contributed by atoms with Crippen molar-refractivity contribution in [3.05, 3.63) is 0 Å². The predicted octanol–water partition coefficient (Wildman–Crippen LogP) is -3.08. The maximum absolute atomic E-state index is 14.0. The molecule has 20 heavy (non-hydrogen) atoms. The number of aliphatic imine (C=N–C) groups is 2. The van der Waals surface area contributed by atoms with Gasteiger partial charge >= 0.3 is 0 Å². The van der Waals surface area contributed by atoms with Crippen molar-refractivity contribution in [3.63, 3.8) is 0 Å². The molecule has 0 bridgehead atoms. The fraction of sp³-hybridized carbons (Fsp3) is 0.700. The zero-order chi connectivity index (χ0) is 14.5. The summed E-state index contributed by atoms with van der Waals surface area (Å²) in [6.45, 7) is -1.11. The number of fused-ring (bicyclic) bond motifs is 1. The Kier molecular flexibility index (Phi) is 2.97. The Bertz CT molecular complexity index is 488. The van der Waals surface area contributed by atoms with Crippen molar-refractivity contribution >= 4 is 18.6 Å². The van der Waals surface area contributed by atoms with E-state index in [1.807, 2.05) is 0 Å². The quantitative estimate of drug-likeness (QED) is 0.427. The Labute approximate surface area is 112 Å². The van der Waals surface area contributed by atoms with Crippen LogP contribution >= 0.6 is 0 Å². The van der Waals surface area contributed by atoms with Crippen LogP contribution in [0.4, 0.5) is 4.39 Å². The summed E-state index contributed by atoms with van der Waals surface area (Å²) in [5.74, 6) is -3.15. The van der Waals surface area contributed by atoms with Gasteiger partial charge in [-0.15, -0.1) is 0 Å². The van der Waals surface area contributed by atoms with E-state index >= 15 is 0 Å². The average molecular weight is 288 g/mol. The molecule has 1 saturated heterocycles. The summed E-state index contributed by atoms with van der Waals surface area (Å²) in [5.41, 5.74) is 0. The van der Waals surface area contributed by atoms with Crippen LogP contribution in [0.5, 0.6) is 0 Å². The maximum Gasteiger partial charge on any atom is 0.263 e. The van der Waals surface area contributed by atoms with Crippen molar-refractivity contribution in [3.8, 4) is 0 Å². The fourth-order valence-corrected chi connectivity index (χ4v) is 2.42. The number of carbonyl (C=O) groups is 1. The number of amides is 1. The number of nitrogens with zero attached hydrogens (tertiary/aromatic N) is 3. The van der Waals surface area contributed by atoms with Crippen LogP contribution in [0, 0.1) is 0 Å². The average Bonchev–Trinajstić information content (AvgIpc) is 2.96. The Morgan fingerprint density at radius 2 is 2.25 bits per heavy atom. The van der Waals surface area contributed by atoms with Gasteiger partial charge in [-0.3, -0.25) is 9.79 Å². The van der Waals surface area contributed by atoms with Crippen LogP contribution < -0.4 is 5.32 Å². The summed E-state index contributed by atoms with van der Waals surface area (Å²) < 4.78 is 18.9. The van der Waals surface area contributed by atoms with E-state index in [1.54, 1.807) is 0 Å². The third-order valence-electron chi connectivity index (χ3n) is 3.53. The Balaban J connectivity index is 1.84. The fourth-order valence-electron chi connectivity index (χ4n) is 2.42. The second-order valence-corrected chi connectivity index (χ2v) is 4.75. The van der Waals surface area contributed by atoms with E-state index in [2.05, 4.69) is 15.3 Å². The molecule has 3 aliphatic rings. The number of hydrogen-bond donors (Lipinski definition) is 4. The molecule has 0 saturated carbocycles. The zero-order valence-electron chi connectivity index (χ0n) is 10.1. The van der Waals surface area contributed by atoms with E-state index in [-0.39, 0.29) is 5.91 Å². The van der Waals surface area contributed by atoms with Gasteiger partial charge in [0.15, 0.2) is 18.4 Å². The highest BCUT2D eigenvalue weighted by atomic mass is 19.2. The van der Waals surface area contributed by atoms with Gasteiger partial charge < -0.3 is 30.3 Å². The second kappa shape index (κ2) is 4.45. The topological polar surface area (TPSA) is 127 Å². The molecule has 4 N–H and O–H groups in total. The summed E-state index contributed by atoms with van der Waals surface area (Å²) in [7, 11) is 0. The lowest BCUT2D eigenvalue weighted by Crippen LogP contribution is -2.53. The number of aliphatic hydroxyl groups is 3. The number of aliphatic hydroxyl groups excluding tert-OH is 3. The van der Waals surface area contributed by atoms with Gasteiger partial charge in [0.25, 0.3) is 11.8 Å². The van der Waals surface area contributed by atoms with Gasteiger partial charge in [0.05, 0.1) is 12.7 Å². The van der Waals surface area contributed by atoms with Crippen molar-refractivity contribution < 1.29 is 29.2 Å². The molecule has 0 aromatic rings. The summed E-state index contributed by atoms with van der Waals surface area (Å²) in [6.07, 6.45) is -3.22. The van der Waals surface area contributed by atoms with Crippen molar-refractivity contribution in [1.29, 1.82) is 0 Å². The third kappa shape index (κ3) is 1.73. The van der Waals surface area contributed by atoms with Crippen LogP contribution in [0.15, 0.2) is 9.98 Å². The molecule has 0 aromatic heterocycles. The summed E-state index contributed by atoms with van der Waals surface area (Å²) in [6, 6.07) is -0.823. The largest absolute Gasteiger partial charge is 0.390 e. The predicted molar refractivity (Wildman–Crippen MR) is 62.4 cm³/mol. The summed E-state index contributed by atoms with van der Waals surface area (Å²) >= 11 is 0. The lowest BCUT2D eigenvalue weighted by Gasteiger charge is -2.31. The summed E-state index contributed by atoms with van der Waals surface area (Å²) in [4.78, 5) is 20.7. The molecule has 0 spiro atoms. The molecule has 3 aliphatic heterocycles. The van der Waals surface area contributed by atoms with E-state index in [4.69, 9.17) is 9.84 Å². The first-order valence-electron chi connectivity index (χ1n) is 5.94. The molecule has 3 heterocycles. The van der Waals surface area contributed by atoms with Crippen molar-refractivity contribution in [2.24, 2.45) is 9.98 Å². The molecule has 110 valence electrons. The van der Waals surface area contributed by atoms with E-state index in [0.717, 1.165) is 0 Å². The molecule has 1 amide bonds. The van der Waals surface area contributed by atoms with Gasteiger partial charge in [0.1, 0.15) is 18.8 Å². The molecule has 0 radical (unpaired) electrons. The number of nitrogens with one attached hydrogen (secondary N) is 1. The van der Waals surface area contributed by atoms with E-state index in [9.17, 15) is 19.4 Å². The lowest BCUT2D eigenvalue weighted by molar-refractivity contribution is -0.211. The minimum absolute atomic E-state index is 0.384. The van der Waals surface area contributed by atoms with Crippen LogP contribution in [-0.2, 0) is 9.53 Å². The normalized spacial score (nSPS) is 46.7. The number of alkyl halides is 1. The molecule has 1 fully saturated rings. The summed E-state index contributed by atoms with van der Waals surface area (Å²) in [5, 5.41) is 30.8.